The van der Waals surface area contributed by atoms with Crippen LogP contribution in [-0.4, -0.2) is 119 Å². The number of nitrogens with one attached hydrogen (secondary N) is 11. The van der Waals surface area contributed by atoms with Gasteiger partial charge in [0.2, 0.25) is 23.6 Å². The topological polar surface area (TPSA) is 443 Å². The minimum atomic E-state index is -3.71. The van der Waals surface area contributed by atoms with Gasteiger partial charge in [-0.1, -0.05) is 136 Å². The first-order chi connectivity index (χ1) is 71.3. The summed E-state index contributed by atoms with van der Waals surface area (Å²) in [5, 5.41) is 30.8. The van der Waals surface area contributed by atoms with Crippen molar-refractivity contribution in [2.45, 2.75) is 59.7 Å². The number of alkyl halides is 2. The van der Waals surface area contributed by atoms with Crippen LogP contribution in [0.4, 0.5) is 71.3 Å². The molecule has 10 amide bonds. The standard InChI is InChI=1S/C31H25F2N5O4.C31H29N5O5.C29H25N5O3.C22H20N4O2/c1-4-29(39)37-22-7-5-6-20(12-22)13-28-34-16-24(17-35-28)38-30(40)25-15-23(10-8-18(25)2)36-19(3)21-9-11-26-27(14-21)42-31(32,33)41-26;1-5-29(37)34-22-8-6-7-20(11-22)12-28-32-17-24(18-33-28)36-31(39)27-15-23(10-9-19(27)2)35-30(38)21-13-25(40-3)16-26(14-21)41-4;1-3-27(35)32-23-11-5-8-20(14-23)15-26-30-17-25(18-31-26)34-29(37)22-10-6-12-24(16-22)33-28(36)21-9-4-7-19(2)13-21;1-3-21(27)25-17-9-6-8-16(11-17)12-20-23-13-18(14-24-20)26-22(28)19-10-5-4-7-15(19)2/h4-12,14-17,36H,1,3,13H2,2H3,(H,37,39)(H,38,40);5-11,13-18H,1,12H2,2-4H3,(H,34,37)(H,35,38)(H,36,39);3-14,16-18H,1,15H2,2H3,(H,32,35)(H,33,36)(H,34,37);3-11,13-14H,1,12H2,2H3,(H,25,27)(H,26,28). The highest BCUT2D eigenvalue weighted by Gasteiger charge is 2.43. The number of halogens is 2. The largest absolute Gasteiger partial charge is 0.586 e. The Labute approximate surface area is 849 Å². The van der Waals surface area contributed by atoms with Crippen LogP contribution in [0.2, 0.25) is 0 Å². The fourth-order valence-electron chi connectivity index (χ4n) is 14.3. The van der Waals surface area contributed by atoms with Crippen LogP contribution >= 0.6 is 0 Å². The van der Waals surface area contributed by atoms with E-state index < -0.39 is 6.29 Å². The first-order valence-corrected chi connectivity index (χ1v) is 45.5. The zero-order chi connectivity index (χ0) is 105. The summed E-state index contributed by atoms with van der Waals surface area (Å²) in [5.74, 6) is 0.00789. The Kier molecular flexibility index (Phi) is 35.9. The van der Waals surface area contributed by atoms with Crippen LogP contribution in [0.15, 0.2) is 349 Å². The number of carbonyl (C=O) groups excluding carboxylic acids is 10. The van der Waals surface area contributed by atoms with E-state index in [0.717, 1.165) is 44.5 Å². The van der Waals surface area contributed by atoms with Crippen LogP contribution in [0.25, 0.3) is 5.70 Å². The number of amides is 10. The summed E-state index contributed by atoms with van der Waals surface area (Å²) in [6.45, 7) is 25.2. The number of aryl methyl sites for hydroxylation is 4. The molecule has 0 bridgehead atoms. The quantitative estimate of drug-likeness (QED) is 0.0170. The predicted octanol–water partition coefficient (Wildman–Crippen LogP) is 19.9. The van der Waals surface area contributed by atoms with Crippen LogP contribution in [0.3, 0.4) is 0 Å². The van der Waals surface area contributed by atoms with Crippen LogP contribution < -0.4 is 77.4 Å². The van der Waals surface area contributed by atoms with Crippen molar-refractivity contribution in [2.24, 2.45) is 0 Å². The lowest BCUT2D eigenvalue weighted by molar-refractivity contribution is -0.286. The number of anilines is 11. The SMILES string of the molecule is C=CC(=O)Nc1cccc(Cc2ncc(NC(=O)c3cc(NC(=C)c4ccc5c(c4)OC(F)(F)O5)ccc3C)cn2)c1.C=CC(=O)Nc1cccc(Cc2ncc(NC(=O)c3cc(NC(=O)c4cc(OC)cc(OC)c4)ccc3C)cn2)c1.C=CC(=O)Nc1cccc(Cc2ncc(NC(=O)c3cccc(NC(=O)c4cccc(C)c4)c3)cn2)c1.C=CC(=O)Nc1cccc(Cc2ncc(NC(=O)c3ccccc3C)cn2)c1. The van der Waals surface area contributed by atoms with E-state index in [1.807, 2.05) is 117 Å². The molecule has 4 aromatic heterocycles. The molecule has 35 heteroatoms. The molecular formula is C113H99F2N19O14. The maximum absolute atomic E-state index is 13.4. The molecule has 0 fully saturated rings. The lowest BCUT2D eigenvalue weighted by Crippen LogP contribution is -2.25. The van der Waals surface area contributed by atoms with Crippen molar-refractivity contribution in [3.63, 3.8) is 0 Å². The Bertz CT molecular complexity index is 7520. The van der Waals surface area contributed by atoms with E-state index in [1.165, 1.54) is 87.8 Å². The lowest BCUT2D eigenvalue weighted by atomic mass is 10.1. The zero-order valence-corrected chi connectivity index (χ0v) is 80.9. The van der Waals surface area contributed by atoms with Gasteiger partial charge in [-0.2, -0.15) is 0 Å². The van der Waals surface area contributed by atoms with E-state index in [4.69, 9.17) is 9.47 Å². The molecule has 0 saturated carbocycles. The fourth-order valence-corrected chi connectivity index (χ4v) is 14.3. The Morgan fingerprint density at radius 3 is 0.986 bits per heavy atom. The molecule has 1 aliphatic heterocycles. The monoisotopic (exact) mass is 1980 g/mol. The molecule has 15 aromatic rings. The van der Waals surface area contributed by atoms with Gasteiger partial charge in [0.15, 0.2) is 11.5 Å². The molecular weight excluding hydrogens is 1890 g/mol. The smallest absolute Gasteiger partial charge is 0.497 e. The van der Waals surface area contributed by atoms with Crippen molar-refractivity contribution in [1.29, 1.82) is 0 Å². The summed E-state index contributed by atoms with van der Waals surface area (Å²) in [4.78, 5) is 157. The maximum atomic E-state index is 13.4. The molecule has 11 N–H and O–H groups in total. The van der Waals surface area contributed by atoms with E-state index in [-0.39, 0.29) is 70.6 Å². The van der Waals surface area contributed by atoms with Crippen LogP contribution in [0.1, 0.15) is 136 Å². The summed E-state index contributed by atoms with van der Waals surface area (Å²) in [6, 6.07) is 70.3. The van der Waals surface area contributed by atoms with Gasteiger partial charge in [-0.15, -0.1) is 8.78 Å². The number of hydrogen-bond donors (Lipinski definition) is 11. The number of ether oxygens (including phenoxy) is 4. The highest BCUT2D eigenvalue weighted by atomic mass is 19.3. The fraction of sp³-hybridized carbons (Fsp3) is 0.0973. The molecule has 148 heavy (non-hydrogen) atoms. The summed E-state index contributed by atoms with van der Waals surface area (Å²) in [6.07, 6.45) is 15.3. The number of benzene rings is 11. The summed E-state index contributed by atoms with van der Waals surface area (Å²) in [7, 11) is 3.01. The number of hydrogen-bond acceptors (Lipinski definition) is 23. The average molecular weight is 1990 g/mol. The number of carbonyl (C=O) groups is 10. The van der Waals surface area contributed by atoms with Gasteiger partial charge in [-0.05, 0) is 230 Å². The molecule has 1 aliphatic rings. The summed E-state index contributed by atoms with van der Waals surface area (Å²) < 4.78 is 46.1. The Morgan fingerprint density at radius 2 is 0.608 bits per heavy atom. The second-order valence-electron chi connectivity index (χ2n) is 32.9. The second kappa shape index (κ2) is 50.4. The average Bonchev–Trinajstić information content (AvgIpc) is 1.59. The molecule has 744 valence electrons. The van der Waals surface area contributed by atoms with Gasteiger partial charge in [-0.25, -0.2) is 39.9 Å². The third kappa shape index (κ3) is 31.0. The van der Waals surface area contributed by atoms with Gasteiger partial charge in [0, 0.05) is 116 Å². The molecule has 16 rings (SSSR count). The van der Waals surface area contributed by atoms with E-state index in [2.05, 4.69) is 141 Å². The van der Waals surface area contributed by atoms with Crippen molar-refractivity contribution >= 4 is 127 Å². The molecule has 0 atom stereocenters. The Balaban J connectivity index is 0.000000166. The number of aromatic nitrogens is 8. The normalized spacial score (nSPS) is 11.0. The van der Waals surface area contributed by atoms with Gasteiger partial charge in [0.05, 0.1) is 86.5 Å². The zero-order valence-electron chi connectivity index (χ0n) is 80.9. The van der Waals surface area contributed by atoms with Crippen molar-refractivity contribution in [1.82, 2.24) is 39.9 Å². The van der Waals surface area contributed by atoms with Crippen LogP contribution in [0, 0.1) is 27.7 Å². The minimum Gasteiger partial charge on any atom is -0.497 e. The van der Waals surface area contributed by atoms with Crippen molar-refractivity contribution < 1.29 is 75.7 Å². The predicted molar refractivity (Wildman–Crippen MR) is 564 cm³/mol. The first kappa shape index (κ1) is 105. The van der Waals surface area contributed by atoms with Gasteiger partial charge >= 0.3 is 6.29 Å². The molecule has 33 nitrogen and oxygen atoms in total. The number of nitrogens with zero attached hydrogens (tertiary/aromatic N) is 8. The van der Waals surface area contributed by atoms with E-state index in [1.54, 1.807) is 154 Å². The molecule has 0 radical (unpaired) electrons. The third-order valence-corrected chi connectivity index (χ3v) is 21.8. The van der Waals surface area contributed by atoms with Crippen LogP contribution in [-0.2, 0) is 44.9 Å². The van der Waals surface area contributed by atoms with Crippen molar-refractivity contribution in [3.05, 3.63) is 456 Å². The highest BCUT2D eigenvalue weighted by Crippen LogP contribution is 2.42. The molecule has 0 unspecified atom stereocenters. The molecule has 0 saturated heterocycles. The highest BCUT2D eigenvalue weighted by molar-refractivity contribution is 6.11. The van der Waals surface area contributed by atoms with Crippen LogP contribution in [0.5, 0.6) is 23.0 Å². The number of methoxy groups -OCH3 is 2. The minimum absolute atomic E-state index is 0.0636. The van der Waals surface area contributed by atoms with Crippen molar-refractivity contribution in [2.75, 3.05) is 72.7 Å². The van der Waals surface area contributed by atoms with E-state index in [9.17, 15) is 56.7 Å². The molecule has 5 heterocycles. The number of fused-ring (bicyclic) bond motifs is 1. The lowest BCUT2D eigenvalue weighted by Gasteiger charge is -2.13. The molecule has 11 aromatic carbocycles. The number of rotatable bonds is 33. The van der Waals surface area contributed by atoms with E-state index in [0.29, 0.717) is 168 Å². The summed E-state index contributed by atoms with van der Waals surface area (Å²) in [5.41, 5.74) is 16.6. The van der Waals surface area contributed by atoms with Crippen molar-refractivity contribution in [3.8, 4) is 23.0 Å². The van der Waals surface area contributed by atoms with Gasteiger partial charge in [-0.3, -0.25) is 47.9 Å². The van der Waals surface area contributed by atoms with E-state index >= 15 is 0 Å². The van der Waals surface area contributed by atoms with Gasteiger partial charge in [0.25, 0.3) is 35.4 Å². The molecule has 0 spiro atoms. The third-order valence-electron chi connectivity index (χ3n) is 21.8. The summed E-state index contributed by atoms with van der Waals surface area (Å²) >= 11 is 0. The maximum Gasteiger partial charge on any atom is 0.586 e. The molecule has 0 aliphatic carbocycles. The Hall–Kier alpha value is -20.0. The second-order valence-corrected chi connectivity index (χ2v) is 32.9. The van der Waals surface area contributed by atoms with Gasteiger partial charge < -0.3 is 77.4 Å². The first-order valence-electron chi connectivity index (χ1n) is 45.5. The Morgan fingerprint density at radius 1 is 0.291 bits per heavy atom. The van der Waals surface area contributed by atoms with Gasteiger partial charge in [0.1, 0.15) is 34.8 Å².